The zero-order valence-corrected chi connectivity index (χ0v) is 12.9. The van der Waals surface area contributed by atoms with Crippen LogP contribution in [0, 0.1) is 0 Å². The smallest absolute Gasteiger partial charge is 0.244 e. The first-order valence-electron chi connectivity index (χ1n) is 7.97. The van der Waals surface area contributed by atoms with Crippen LogP contribution in [0.3, 0.4) is 0 Å². The molecule has 2 N–H and O–H groups in total. The Morgan fingerprint density at radius 2 is 1.96 bits per heavy atom. The Morgan fingerprint density at radius 1 is 1.22 bits per heavy atom. The van der Waals surface area contributed by atoms with Gasteiger partial charge in [0.2, 0.25) is 5.91 Å². The summed E-state index contributed by atoms with van der Waals surface area (Å²) in [6, 6.07) is 10.0. The number of carbonyl (C=O) groups excluding carboxylic acids is 1. The van der Waals surface area contributed by atoms with Crippen molar-refractivity contribution in [3.05, 3.63) is 54.4 Å². The third kappa shape index (κ3) is 4.29. The van der Waals surface area contributed by atoms with Crippen LogP contribution in [0.1, 0.15) is 31.2 Å². The number of aliphatic hydroxyl groups is 1. The molecule has 120 valence electrons. The molecule has 5 nitrogen and oxygen atoms in total. The van der Waals surface area contributed by atoms with Gasteiger partial charge in [0.15, 0.2) is 0 Å². The minimum atomic E-state index is -0.206. The van der Waals surface area contributed by atoms with Crippen LogP contribution in [0.2, 0.25) is 0 Å². The van der Waals surface area contributed by atoms with E-state index in [9.17, 15) is 9.90 Å². The van der Waals surface area contributed by atoms with E-state index >= 15 is 0 Å². The topological polar surface area (TPSA) is 67.2 Å². The van der Waals surface area contributed by atoms with Gasteiger partial charge in [-0.1, -0.05) is 18.2 Å². The first kappa shape index (κ1) is 15.5. The van der Waals surface area contributed by atoms with Crippen LogP contribution in [-0.2, 0) is 4.79 Å². The summed E-state index contributed by atoms with van der Waals surface area (Å²) in [7, 11) is 0. The Labute approximate surface area is 135 Å². The third-order valence-corrected chi connectivity index (χ3v) is 4.09. The van der Waals surface area contributed by atoms with Gasteiger partial charge in [-0.05, 0) is 43.9 Å². The Balaban J connectivity index is 1.55. The van der Waals surface area contributed by atoms with Crippen LogP contribution in [-0.4, -0.2) is 32.9 Å². The molecule has 2 aromatic rings. The predicted molar refractivity (Wildman–Crippen MR) is 89.0 cm³/mol. The maximum atomic E-state index is 12.0. The second-order valence-corrected chi connectivity index (χ2v) is 5.90. The number of rotatable bonds is 4. The average Bonchev–Trinajstić information content (AvgIpc) is 3.05. The summed E-state index contributed by atoms with van der Waals surface area (Å²) in [6.07, 6.45) is 9.92. The molecular weight excluding hydrogens is 290 g/mol. The number of hydrogen-bond donors (Lipinski definition) is 2. The molecule has 1 aliphatic rings. The van der Waals surface area contributed by atoms with Gasteiger partial charge >= 0.3 is 0 Å². The summed E-state index contributed by atoms with van der Waals surface area (Å²) in [5.74, 6) is -0.0983. The molecule has 1 amide bonds. The Morgan fingerprint density at radius 3 is 2.70 bits per heavy atom. The number of benzene rings is 1. The Kier molecular flexibility index (Phi) is 4.88. The monoisotopic (exact) mass is 311 g/mol. The first-order valence-corrected chi connectivity index (χ1v) is 7.97. The maximum absolute atomic E-state index is 12.0. The van der Waals surface area contributed by atoms with Crippen molar-refractivity contribution in [3.8, 4) is 5.69 Å². The van der Waals surface area contributed by atoms with E-state index in [0.717, 1.165) is 36.9 Å². The van der Waals surface area contributed by atoms with E-state index in [1.54, 1.807) is 17.0 Å². The molecule has 3 rings (SSSR count). The number of hydrogen-bond acceptors (Lipinski definition) is 3. The Bertz CT molecular complexity index is 671. The lowest BCUT2D eigenvalue weighted by Crippen LogP contribution is -2.37. The molecule has 0 aliphatic heterocycles. The summed E-state index contributed by atoms with van der Waals surface area (Å²) in [4.78, 5) is 12.0. The summed E-state index contributed by atoms with van der Waals surface area (Å²) in [6.45, 7) is 0. The van der Waals surface area contributed by atoms with Crippen molar-refractivity contribution in [2.24, 2.45) is 0 Å². The van der Waals surface area contributed by atoms with Crippen LogP contribution in [0.5, 0.6) is 0 Å². The average molecular weight is 311 g/mol. The van der Waals surface area contributed by atoms with E-state index in [0.29, 0.717) is 0 Å². The van der Waals surface area contributed by atoms with Gasteiger partial charge in [0.25, 0.3) is 0 Å². The molecule has 0 radical (unpaired) electrons. The third-order valence-electron chi connectivity index (χ3n) is 4.09. The Hall–Kier alpha value is -2.40. The normalized spacial score (nSPS) is 21.4. The van der Waals surface area contributed by atoms with Gasteiger partial charge in [0, 0.05) is 23.9 Å². The van der Waals surface area contributed by atoms with E-state index in [-0.39, 0.29) is 18.1 Å². The molecule has 1 heterocycles. The highest BCUT2D eigenvalue weighted by atomic mass is 16.3. The first-order chi connectivity index (χ1) is 11.2. The minimum absolute atomic E-state index is 0.0983. The van der Waals surface area contributed by atoms with Gasteiger partial charge in [-0.2, -0.15) is 5.10 Å². The van der Waals surface area contributed by atoms with Crippen molar-refractivity contribution in [1.82, 2.24) is 15.1 Å². The van der Waals surface area contributed by atoms with Crippen molar-refractivity contribution in [3.63, 3.8) is 0 Å². The van der Waals surface area contributed by atoms with Gasteiger partial charge in [0.1, 0.15) is 0 Å². The van der Waals surface area contributed by atoms with Gasteiger partial charge in [0.05, 0.1) is 18.0 Å². The minimum Gasteiger partial charge on any atom is -0.393 e. The highest BCUT2D eigenvalue weighted by Gasteiger charge is 2.19. The molecule has 5 heteroatoms. The highest BCUT2D eigenvalue weighted by Crippen LogP contribution is 2.18. The van der Waals surface area contributed by atoms with Crippen LogP contribution in [0.25, 0.3) is 11.8 Å². The molecule has 1 saturated carbocycles. The van der Waals surface area contributed by atoms with E-state index in [2.05, 4.69) is 10.4 Å². The van der Waals surface area contributed by atoms with Crippen LogP contribution >= 0.6 is 0 Å². The van der Waals surface area contributed by atoms with E-state index < -0.39 is 0 Å². The number of aliphatic hydroxyl groups excluding tert-OH is 1. The second kappa shape index (κ2) is 7.24. The molecule has 1 aromatic carbocycles. The summed E-state index contributed by atoms with van der Waals surface area (Å²) in [5.41, 5.74) is 1.86. The molecule has 1 aliphatic carbocycles. The fourth-order valence-electron chi connectivity index (χ4n) is 2.79. The van der Waals surface area contributed by atoms with Crippen molar-refractivity contribution in [2.75, 3.05) is 0 Å². The van der Waals surface area contributed by atoms with Gasteiger partial charge in [-0.25, -0.2) is 4.68 Å². The molecule has 0 atom stereocenters. The largest absolute Gasteiger partial charge is 0.393 e. The molecule has 0 spiro atoms. The van der Waals surface area contributed by atoms with Gasteiger partial charge in [-0.3, -0.25) is 4.79 Å². The summed E-state index contributed by atoms with van der Waals surface area (Å²) < 4.78 is 1.78. The van der Waals surface area contributed by atoms with Crippen LogP contribution in [0.15, 0.2) is 48.8 Å². The van der Waals surface area contributed by atoms with Crippen molar-refractivity contribution in [2.45, 2.75) is 37.8 Å². The lowest BCUT2D eigenvalue weighted by molar-refractivity contribution is -0.117. The molecule has 0 saturated heterocycles. The lowest BCUT2D eigenvalue weighted by atomic mass is 9.93. The second-order valence-electron chi connectivity index (χ2n) is 5.90. The SMILES string of the molecule is O=C(C=Cc1cnn(-c2ccccc2)c1)NC1CCC(O)CC1. The fourth-order valence-corrected chi connectivity index (χ4v) is 2.79. The quantitative estimate of drug-likeness (QED) is 0.852. The maximum Gasteiger partial charge on any atom is 0.244 e. The van der Waals surface area contributed by atoms with E-state index in [1.807, 2.05) is 36.5 Å². The molecule has 23 heavy (non-hydrogen) atoms. The zero-order valence-electron chi connectivity index (χ0n) is 12.9. The van der Waals surface area contributed by atoms with Gasteiger partial charge in [-0.15, -0.1) is 0 Å². The number of nitrogens with one attached hydrogen (secondary N) is 1. The van der Waals surface area contributed by atoms with Crippen molar-refractivity contribution >= 4 is 12.0 Å². The zero-order chi connectivity index (χ0) is 16.1. The van der Waals surface area contributed by atoms with E-state index in [1.165, 1.54) is 6.08 Å². The number of nitrogens with zero attached hydrogens (tertiary/aromatic N) is 2. The predicted octanol–water partition coefficient (Wildman–Crippen LogP) is 2.31. The highest BCUT2D eigenvalue weighted by molar-refractivity contribution is 5.91. The molecule has 1 fully saturated rings. The number of carbonyl (C=O) groups is 1. The van der Waals surface area contributed by atoms with Gasteiger partial charge < -0.3 is 10.4 Å². The van der Waals surface area contributed by atoms with Crippen LogP contribution < -0.4 is 5.32 Å². The number of para-hydroxylation sites is 1. The lowest BCUT2D eigenvalue weighted by Gasteiger charge is -2.25. The molecule has 0 unspecified atom stereocenters. The van der Waals surface area contributed by atoms with Crippen LogP contribution in [0.4, 0.5) is 0 Å². The number of amides is 1. The number of aromatic nitrogens is 2. The molecule has 1 aromatic heterocycles. The molecule has 0 bridgehead atoms. The van der Waals surface area contributed by atoms with E-state index in [4.69, 9.17) is 0 Å². The van der Waals surface area contributed by atoms with Crippen molar-refractivity contribution in [1.29, 1.82) is 0 Å². The summed E-state index contributed by atoms with van der Waals surface area (Å²) in [5, 5.41) is 16.8. The standard InChI is InChI=1S/C18H21N3O2/c22-17-9-7-15(8-10-17)20-18(23)11-6-14-12-19-21(13-14)16-4-2-1-3-5-16/h1-6,11-13,15,17,22H,7-10H2,(H,20,23). The summed E-state index contributed by atoms with van der Waals surface area (Å²) >= 11 is 0. The van der Waals surface area contributed by atoms with Crippen molar-refractivity contribution < 1.29 is 9.90 Å². The fraction of sp³-hybridized carbons (Fsp3) is 0.333. The molecular formula is C18H21N3O2.